The monoisotopic (exact) mass is 172 g/mol. The van der Waals surface area contributed by atoms with E-state index in [2.05, 4.69) is 6.58 Å². The van der Waals surface area contributed by atoms with Crippen molar-refractivity contribution in [1.29, 1.82) is 0 Å². The maximum atomic E-state index is 11.0. The topological polar surface area (TPSA) is 44.8 Å². The molecule has 0 N–H and O–H groups in total. The van der Waals surface area contributed by atoms with Gasteiger partial charge in [-0.2, -0.15) is 0 Å². The third-order valence-electron chi connectivity index (χ3n) is 1.49. The molecule has 0 aromatic heterocycles. The van der Waals surface area contributed by atoms with Crippen LogP contribution < -0.4 is 0 Å². The summed E-state index contributed by atoms with van der Waals surface area (Å²) >= 11 is 0. The molecule has 4 heteroatoms. The molecule has 0 aromatic rings. The van der Waals surface area contributed by atoms with Crippen LogP contribution in [0.4, 0.5) is 0 Å². The Hall–Kier alpha value is -0.870. The third-order valence-corrected chi connectivity index (χ3v) is 1.49. The van der Waals surface area contributed by atoms with Gasteiger partial charge in [0.05, 0.1) is 0 Å². The summed E-state index contributed by atoms with van der Waals surface area (Å²) in [7, 11) is 0. The molecule has 1 unspecified atom stereocenters. The van der Waals surface area contributed by atoms with Crippen molar-refractivity contribution >= 4 is 5.97 Å². The van der Waals surface area contributed by atoms with E-state index in [1.165, 1.54) is 0 Å². The van der Waals surface area contributed by atoms with Crippen molar-refractivity contribution in [3.63, 3.8) is 0 Å². The minimum absolute atomic E-state index is 0.277. The summed E-state index contributed by atoms with van der Waals surface area (Å²) in [6, 6.07) is 0. The maximum Gasteiger partial charge on any atom is 0.333 e. The fourth-order valence-electron chi connectivity index (χ4n) is 0.743. The molecular formula is C8H12O4. The molecule has 0 saturated carbocycles. The van der Waals surface area contributed by atoms with E-state index in [0.717, 1.165) is 0 Å². The van der Waals surface area contributed by atoms with Crippen molar-refractivity contribution in [3.05, 3.63) is 12.2 Å². The molecular weight excluding hydrogens is 160 g/mol. The molecule has 0 aromatic carbocycles. The molecule has 1 rings (SSSR count). The van der Waals surface area contributed by atoms with Crippen molar-refractivity contribution in [1.82, 2.24) is 0 Å². The second kappa shape index (κ2) is 3.69. The number of esters is 1. The lowest BCUT2D eigenvalue weighted by molar-refractivity contribution is -0.346. The second-order valence-electron chi connectivity index (χ2n) is 2.71. The second-order valence-corrected chi connectivity index (χ2v) is 2.71. The van der Waals surface area contributed by atoms with Gasteiger partial charge in [0.1, 0.15) is 0 Å². The first-order valence-corrected chi connectivity index (χ1v) is 3.71. The zero-order chi connectivity index (χ0) is 9.14. The smallest absolute Gasteiger partial charge is 0.333 e. The lowest BCUT2D eigenvalue weighted by atomic mass is 10.3. The van der Waals surface area contributed by atoms with Crippen LogP contribution in [-0.4, -0.2) is 25.2 Å². The lowest BCUT2D eigenvalue weighted by Crippen LogP contribution is -2.41. The SMILES string of the molecule is C=C(C)C(=O)OC(C)C1OCO1. The van der Waals surface area contributed by atoms with E-state index in [-0.39, 0.29) is 12.9 Å². The van der Waals surface area contributed by atoms with Gasteiger partial charge in [0.25, 0.3) is 0 Å². The van der Waals surface area contributed by atoms with Crippen LogP contribution >= 0.6 is 0 Å². The van der Waals surface area contributed by atoms with E-state index in [1.807, 2.05) is 0 Å². The third kappa shape index (κ3) is 2.06. The van der Waals surface area contributed by atoms with Gasteiger partial charge < -0.3 is 14.2 Å². The highest BCUT2D eigenvalue weighted by Gasteiger charge is 2.28. The highest BCUT2D eigenvalue weighted by molar-refractivity contribution is 5.87. The molecule has 1 saturated heterocycles. The Morgan fingerprint density at radius 1 is 1.67 bits per heavy atom. The summed E-state index contributed by atoms with van der Waals surface area (Å²) in [5.41, 5.74) is 0.376. The summed E-state index contributed by atoms with van der Waals surface area (Å²) in [4.78, 5) is 11.0. The van der Waals surface area contributed by atoms with Crippen LogP contribution in [0, 0.1) is 0 Å². The Balaban J connectivity index is 2.29. The quantitative estimate of drug-likeness (QED) is 0.467. The zero-order valence-electron chi connectivity index (χ0n) is 7.20. The van der Waals surface area contributed by atoms with Crippen LogP contribution in [-0.2, 0) is 19.0 Å². The summed E-state index contributed by atoms with van der Waals surface area (Å²) in [6.07, 6.45) is -0.781. The molecule has 68 valence electrons. The fourth-order valence-corrected chi connectivity index (χ4v) is 0.743. The number of carbonyl (C=O) groups is 1. The molecule has 0 radical (unpaired) electrons. The molecule has 0 spiro atoms. The van der Waals surface area contributed by atoms with E-state index in [9.17, 15) is 4.79 Å². The molecule has 1 aliphatic heterocycles. The molecule has 1 aliphatic rings. The van der Waals surface area contributed by atoms with Crippen LogP contribution in [0.5, 0.6) is 0 Å². The molecule has 1 fully saturated rings. The number of carbonyl (C=O) groups excluding carboxylic acids is 1. The van der Waals surface area contributed by atoms with Gasteiger partial charge in [0.2, 0.25) is 0 Å². The van der Waals surface area contributed by atoms with Gasteiger partial charge in [-0.25, -0.2) is 4.79 Å². The first kappa shape index (κ1) is 9.22. The fraction of sp³-hybridized carbons (Fsp3) is 0.625. The van der Waals surface area contributed by atoms with Crippen LogP contribution in [0.25, 0.3) is 0 Å². The average molecular weight is 172 g/mol. The van der Waals surface area contributed by atoms with Crippen LogP contribution in [0.15, 0.2) is 12.2 Å². The highest BCUT2D eigenvalue weighted by Crippen LogP contribution is 2.14. The summed E-state index contributed by atoms with van der Waals surface area (Å²) < 4.78 is 14.8. The molecule has 4 nitrogen and oxygen atoms in total. The predicted molar refractivity (Wildman–Crippen MR) is 41.2 cm³/mol. The van der Waals surface area contributed by atoms with Crippen molar-refractivity contribution in [3.8, 4) is 0 Å². The van der Waals surface area contributed by atoms with Crippen molar-refractivity contribution in [2.75, 3.05) is 6.79 Å². The van der Waals surface area contributed by atoms with E-state index >= 15 is 0 Å². The van der Waals surface area contributed by atoms with Crippen molar-refractivity contribution in [2.24, 2.45) is 0 Å². The van der Waals surface area contributed by atoms with Crippen molar-refractivity contribution in [2.45, 2.75) is 26.2 Å². The molecule has 1 atom stereocenters. The lowest BCUT2D eigenvalue weighted by Gasteiger charge is -2.31. The minimum atomic E-state index is -0.415. The number of ether oxygens (including phenoxy) is 3. The minimum Gasteiger partial charge on any atom is -0.454 e. The van der Waals surface area contributed by atoms with Gasteiger partial charge in [0, 0.05) is 5.57 Å². The standard InChI is InChI=1S/C8H12O4/c1-5(2)7(9)12-6(3)8-10-4-11-8/h6,8H,1,4H2,2-3H3. The van der Waals surface area contributed by atoms with E-state index in [0.29, 0.717) is 5.57 Å². The number of hydrogen-bond donors (Lipinski definition) is 0. The predicted octanol–water partition coefficient (Wildman–Crippen LogP) is 0.825. The van der Waals surface area contributed by atoms with Gasteiger partial charge in [-0.15, -0.1) is 0 Å². The molecule has 1 heterocycles. The van der Waals surface area contributed by atoms with Gasteiger partial charge in [-0.3, -0.25) is 0 Å². The molecule has 12 heavy (non-hydrogen) atoms. The Morgan fingerprint density at radius 2 is 2.25 bits per heavy atom. The van der Waals surface area contributed by atoms with Gasteiger partial charge in [0.15, 0.2) is 19.2 Å². The average Bonchev–Trinajstić information content (AvgIpc) is 1.82. The Labute approximate surface area is 71.1 Å². The summed E-state index contributed by atoms with van der Waals surface area (Å²) in [5.74, 6) is -0.415. The Kier molecular flexibility index (Phi) is 2.83. The normalized spacial score (nSPS) is 19.5. The largest absolute Gasteiger partial charge is 0.454 e. The number of hydrogen-bond acceptors (Lipinski definition) is 4. The van der Waals surface area contributed by atoms with Gasteiger partial charge in [-0.1, -0.05) is 6.58 Å². The van der Waals surface area contributed by atoms with Crippen molar-refractivity contribution < 1.29 is 19.0 Å². The summed E-state index contributed by atoms with van der Waals surface area (Å²) in [6.45, 7) is 7.04. The first-order valence-electron chi connectivity index (χ1n) is 3.71. The molecule has 0 bridgehead atoms. The first-order chi connectivity index (χ1) is 5.61. The zero-order valence-corrected chi connectivity index (χ0v) is 7.20. The van der Waals surface area contributed by atoms with Crippen LogP contribution in [0.2, 0.25) is 0 Å². The van der Waals surface area contributed by atoms with Gasteiger partial charge >= 0.3 is 5.97 Å². The Morgan fingerprint density at radius 3 is 2.58 bits per heavy atom. The summed E-state index contributed by atoms with van der Waals surface area (Å²) in [5, 5.41) is 0. The molecule has 0 amide bonds. The molecule has 0 aliphatic carbocycles. The Bertz CT molecular complexity index is 195. The van der Waals surface area contributed by atoms with E-state index in [1.54, 1.807) is 13.8 Å². The number of rotatable bonds is 3. The van der Waals surface area contributed by atoms with Gasteiger partial charge in [-0.05, 0) is 13.8 Å². The maximum absolute atomic E-state index is 11.0. The van der Waals surface area contributed by atoms with E-state index < -0.39 is 12.3 Å². The van der Waals surface area contributed by atoms with Crippen LogP contribution in [0.1, 0.15) is 13.8 Å². The van der Waals surface area contributed by atoms with Crippen LogP contribution in [0.3, 0.4) is 0 Å². The highest BCUT2D eigenvalue weighted by atomic mass is 16.9. The van der Waals surface area contributed by atoms with E-state index in [4.69, 9.17) is 14.2 Å².